The van der Waals surface area contributed by atoms with Crippen LogP contribution < -0.4 is 5.73 Å². The van der Waals surface area contributed by atoms with Crippen LogP contribution in [0.2, 0.25) is 0 Å². The molecule has 0 aliphatic carbocycles. The zero-order chi connectivity index (χ0) is 13.2. The highest BCUT2D eigenvalue weighted by Crippen LogP contribution is 2.32. The lowest BCUT2D eigenvalue weighted by atomic mass is 9.99. The van der Waals surface area contributed by atoms with Crippen LogP contribution in [-0.2, 0) is 13.1 Å². The molecule has 0 radical (unpaired) electrons. The molecule has 2 N–H and O–H groups in total. The van der Waals surface area contributed by atoms with E-state index in [1.165, 1.54) is 46.5 Å². The number of likely N-dealkylation sites (tertiary alicyclic amines) is 1. The molecule has 1 aromatic heterocycles. The topological polar surface area (TPSA) is 29.3 Å². The summed E-state index contributed by atoms with van der Waals surface area (Å²) in [6.07, 6.45) is 2.71. The summed E-state index contributed by atoms with van der Waals surface area (Å²) < 4.78 is 1.38. The highest BCUT2D eigenvalue weighted by Gasteiger charge is 2.19. The highest BCUT2D eigenvalue weighted by atomic mass is 32.1. The van der Waals surface area contributed by atoms with Crippen LogP contribution in [0, 0.1) is 5.92 Å². The average Bonchev–Trinajstić information content (AvgIpc) is 2.77. The normalized spacial score (nSPS) is 21.1. The molecule has 1 atom stereocenters. The van der Waals surface area contributed by atoms with Crippen LogP contribution in [0.1, 0.15) is 30.2 Å². The first-order valence-corrected chi connectivity index (χ1v) is 8.01. The maximum atomic E-state index is 5.94. The lowest BCUT2D eigenvalue weighted by molar-refractivity contribution is 0.177. The first-order chi connectivity index (χ1) is 9.28. The van der Waals surface area contributed by atoms with Crippen molar-refractivity contribution in [2.24, 2.45) is 11.7 Å². The van der Waals surface area contributed by atoms with E-state index in [4.69, 9.17) is 5.73 Å². The van der Waals surface area contributed by atoms with Gasteiger partial charge in [-0.05, 0) is 42.3 Å². The molecule has 1 saturated heterocycles. The molecule has 1 unspecified atom stereocenters. The predicted molar refractivity (Wildman–Crippen MR) is 83.4 cm³/mol. The standard InChI is InChI=1S/C16H22N2S/c1-12-5-4-8-18(10-12)11-14-13-6-2-3-7-15(13)19-16(14)9-17/h2-3,6-7,12H,4-5,8-11,17H2,1H3. The Balaban J connectivity index is 1.90. The molecule has 0 bridgehead atoms. The Bertz CT molecular complexity index is 561. The van der Waals surface area contributed by atoms with E-state index in [0.29, 0.717) is 6.54 Å². The number of rotatable bonds is 3. The van der Waals surface area contributed by atoms with Crippen LogP contribution in [0.3, 0.4) is 0 Å². The second-order valence-corrected chi connectivity index (χ2v) is 6.82. The molecule has 102 valence electrons. The minimum atomic E-state index is 0.665. The summed E-state index contributed by atoms with van der Waals surface area (Å²) in [5.74, 6) is 0.833. The third-order valence-electron chi connectivity index (χ3n) is 4.09. The minimum Gasteiger partial charge on any atom is -0.326 e. The van der Waals surface area contributed by atoms with Gasteiger partial charge in [0.1, 0.15) is 0 Å². The lowest BCUT2D eigenvalue weighted by Gasteiger charge is -2.31. The third kappa shape index (κ3) is 2.69. The van der Waals surface area contributed by atoms with E-state index in [-0.39, 0.29) is 0 Å². The zero-order valence-electron chi connectivity index (χ0n) is 11.6. The van der Waals surface area contributed by atoms with Gasteiger partial charge in [0.05, 0.1) is 0 Å². The number of thiophene rings is 1. The number of hydrogen-bond donors (Lipinski definition) is 1. The molecule has 2 aromatic rings. The van der Waals surface area contributed by atoms with E-state index in [2.05, 4.69) is 36.1 Å². The first-order valence-electron chi connectivity index (χ1n) is 7.19. The van der Waals surface area contributed by atoms with Crippen LogP contribution in [0.25, 0.3) is 10.1 Å². The van der Waals surface area contributed by atoms with E-state index < -0.39 is 0 Å². The van der Waals surface area contributed by atoms with E-state index in [1.54, 1.807) is 0 Å². The molecular formula is C16H22N2S. The molecule has 1 aliphatic heterocycles. The number of benzene rings is 1. The van der Waals surface area contributed by atoms with Gasteiger partial charge in [-0.15, -0.1) is 11.3 Å². The molecule has 1 fully saturated rings. The quantitative estimate of drug-likeness (QED) is 0.926. The maximum absolute atomic E-state index is 5.94. The van der Waals surface area contributed by atoms with Crippen molar-refractivity contribution in [1.29, 1.82) is 0 Å². The molecule has 19 heavy (non-hydrogen) atoms. The van der Waals surface area contributed by atoms with Gasteiger partial charge in [-0.1, -0.05) is 25.1 Å². The van der Waals surface area contributed by atoms with Crippen molar-refractivity contribution >= 4 is 21.4 Å². The summed E-state index contributed by atoms with van der Waals surface area (Å²) in [5, 5.41) is 1.41. The van der Waals surface area contributed by atoms with E-state index >= 15 is 0 Å². The fourth-order valence-corrected chi connectivity index (χ4v) is 4.24. The molecule has 2 nitrogen and oxygen atoms in total. The van der Waals surface area contributed by atoms with Crippen molar-refractivity contribution < 1.29 is 0 Å². The van der Waals surface area contributed by atoms with Crippen LogP contribution in [0.15, 0.2) is 24.3 Å². The Morgan fingerprint density at radius 1 is 1.37 bits per heavy atom. The molecular weight excluding hydrogens is 252 g/mol. The predicted octanol–water partition coefficient (Wildman–Crippen LogP) is 3.59. The van der Waals surface area contributed by atoms with Gasteiger partial charge in [0, 0.05) is 29.2 Å². The molecule has 0 saturated carbocycles. The Morgan fingerprint density at radius 2 is 2.21 bits per heavy atom. The third-order valence-corrected chi connectivity index (χ3v) is 5.33. The second-order valence-electron chi connectivity index (χ2n) is 5.69. The highest BCUT2D eigenvalue weighted by molar-refractivity contribution is 7.19. The van der Waals surface area contributed by atoms with E-state index in [9.17, 15) is 0 Å². The van der Waals surface area contributed by atoms with Gasteiger partial charge in [0.15, 0.2) is 0 Å². The monoisotopic (exact) mass is 274 g/mol. The Hall–Kier alpha value is -0.900. The maximum Gasteiger partial charge on any atom is 0.0349 e. The Morgan fingerprint density at radius 3 is 3.00 bits per heavy atom. The summed E-state index contributed by atoms with van der Waals surface area (Å²) in [6, 6.07) is 8.71. The Kier molecular flexibility index (Phi) is 3.87. The van der Waals surface area contributed by atoms with Crippen LogP contribution in [-0.4, -0.2) is 18.0 Å². The average molecular weight is 274 g/mol. The molecule has 3 heteroatoms. The van der Waals surface area contributed by atoms with Gasteiger partial charge in [-0.2, -0.15) is 0 Å². The van der Waals surface area contributed by atoms with Crippen LogP contribution in [0.4, 0.5) is 0 Å². The molecule has 0 amide bonds. The first kappa shape index (κ1) is 13.1. The SMILES string of the molecule is CC1CCCN(Cc2c(CN)sc3ccccc23)C1. The van der Waals surface area contributed by atoms with E-state index in [1.807, 2.05) is 11.3 Å². The molecule has 0 spiro atoms. The number of fused-ring (bicyclic) bond motifs is 1. The van der Waals surface area contributed by atoms with Gasteiger partial charge in [0.2, 0.25) is 0 Å². The second kappa shape index (κ2) is 5.61. The van der Waals surface area contributed by atoms with Crippen molar-refractivity contribution in [3.8, 4) is 0 Å². The largest absolute Gasteiger partial charge is 0.326 e. The Labute approximate surface area is 119 Å². The van der Waals surface area contributed by atoms with Crippen LogP contribution in [0.5, 0.6) is 0 Å². The lowest BCUT2D eigenvalue weighted by Crippen LogP contribution is -2.33. The van der Waals surface area contributed by atoms with Crippen molar-refractivity contribution in [2.75, 3.05) is 13.1 Å². The molecule has 3 rings (SSSR count). The van der Waals surface area contributed by atoms with Crippen molar-refractivity contribution in [2.45, 2.75) is 32.9 Å². The van der Waals surface area contributed by atoms with Crippen molar-refractivity contribution in [3.63, 3.8) is 0 Å². The number of nitrogens with zero attached hydrogens (tertiary/aromatic N) is 1. The molecule has 1 aromatic carbocycles. The molecule has 2 heterocycles. The fraction of sp³-hybridized carbons (Fsp3) is 0.500. The van der Waals surface area contributed by atoms with E-state index in [0.717, 1.165) is 12.5 Å². The molecule has 1 aliphatic rings. The van der Waals surface area contributed by atoms with Crippen LogP contribution >= 0.6 is 11.3 Å². The number of hydrogen-bond acceptors (Lipinski definition) is 3. The summed E-state index contributed by atoms with van der Waals surface area (Å²) in [6.45, 7) is 6.56. The van der Waals surface area contributed by atoms with Gasteiger partial charge in [0.25, 0.3) is 0 Å². The summed E-state index contributed by atoms with van der Waals surface area (Å²) >= 11 is 1.86. The smallest absolute Gasteiger partial charge is 0.0349 e. The fourth-order valence-electron chi connectivity index (χ4n) is 3.14. The van der Waals surface area contributed by atoms with Crippen molar-refractivity contribution in [3.05, 3.63) is 34.7 Å². The summed E-state index contributed by atoms with van der Waals surface area (Å²) in [4.78, 5) is 3.96. The van der Waals surface area contributed by atoms with Gasteiger partial charge >= 0.3 is 0 Å². The van der Waals surface area contributed by atoms with Crippen molar-refractivity contribution in [1.82, 2.24) is 4.90 Å². The summed E-state index contributed by atoms with van der Waals surface area (Å²) in [5.41, 5.74) is 7.41. The van der Waals surface area contributed by atoms with Gasteiger partial charge < -0.3 is 5.73 Å². The number of piperidine rings is 1. The zero-order valence-corrected chi connectivity index (χ0v) is 12.4. The number of nitrogens with two attached hydrogens (primary N) is 1. The van der Waals surface area contributed by atoms with Gasteiger partial charge in [-0.25, -0.2) is 0 Å². The summed E-state index contributed by atoms with van der Waals surface area (Å²) in [7, 11) is 0. The minimum absolute atomic E-state index is 0.665. The van der Waals surface area contributed by atoms with Gasteiger partial charge in [-0.3, -0.25) is 4.90 Å².